The Kier molecular flexibility index (Phi) is 3.66. The lowest BCUT2D eigenvalue weighted by molar-refractivity contribution is -0.130. The molecule has 2 N–H and O–H groups in total. The summed E-state index contributed by atoms with van der Waals surface area (Å²) in [5.41, 5.74) is 6.19. The van der Waals surface area contributed by atoms with Crippen LogP contribution in [0.1, 0.15) is 11.6 Å². The molecular formula is C10H12ClFN2O. The van der Waals surface area contributed by atoms with E-state index in [-0.39, 0.29) is 10.9 Å². The van der Waals surface area contributed by atoms with Crippen LogP contribution in [-0.4, -0.2) is 24.9 Å². The Bertz CT molecular complexity index is 382. The fraction of sp³-hybridized carbons (Fsp3) is 0.300. The number of carbonyl (C=O) groups excluding carboxylic acids is 1. The Hall–Kier alpha value is -1.13. The van der Waals surface area contributed by atoms with Crippen LogP contribution in [0.2, 0.25) is 5.02 Å². The normalized spacial score (nSPS) is 12.3. The molecular weight excluding hydrogens is 219 g/mol. The zero-order valence-corrected chi connectivity index (χ0v) is 9.25. The van der Waals surface area contributed by atoms with E-state index in [0.29, 0.717) is 5.56 Å². The molecule has 0 aliphatic rings. The molecule has 5 heteroatoms. The number of carbonyl (C=O) groups is 1. The van der Waals surface area contributed by atoms with Crippen molar-refractivity contribution in [2.75, 3.05) is 14.1 Å². The van der Waals surface area contributed by atoms with Crippen molar-refractivity contribution in [3.8, 4) is 0 Å². The first-order valence-electron chi connectivity index (χ1n) is 4.35. The average molecular weight is 231 g/mol. The van der Waals surface area contributed by atoms with Crippen LogP contribution in [0.5, 0.6) is 0 Å². The van der Waals surface area contributed by atoms with E-state index in [1.165, 1.54) is 23.1 Å². The van der Waals surface area contributed by atoms with Gasteiger partial charge in [0.05, 0.1) is 5.02 Å². The van der Waals surface area contributed by atoms with Crippen LogP contribution < -0.4 is 5.73 Å². The van der Waals surface area contributed by atoms with Gasteiger partial charge in [0.1, 0.15) is 11.9 Å². The molecule has 0 heterocycles. The van der Waals surface area contributed by atoms with Gasteiger partial charge in [-0.05, 0) is 17.7 Å². The molecule has 0 saturated carbocycles. The summed E-state index contributed by atoms with van der Waals surface area (Å²) in [6.07, 6.45) is 0. The minimum Gasteiger partial charge on any atom is -0.347 e. The molecule has 0 aliphatic carbocycles. The van der Waals surface area contributed by atoms with Crippen LogP contribution in [0.25, 0.3) is 0 Å². The molecule has 0 bridgehead atoms. The number of rotatable bonds is 2. The highest BCUT2D eigenvalue weighted by Crippen LogP contribution is 2.20. The van der Waals surface area contributed by atoms with Gasteiger partial charge in [0, 0.05) is 14.1 Å². The highest BCUT2D eigenvalue weighted by molar-refractivity contribution is 6.30. The molecule has 1 rings (SSSR count). The van der Waals surface area contributed by atoms with Gasteiger partial charge in [-0.1, -0.05) is 17.7 Å². The van der Waals surface area contributed by atoms with Crippen LogP contribution in [0, 0.1) is 5.82 Å². The van der Waals surface area contributed by atoms with Crippen LogP contribution in [0.4, 0.5) is 4.39 Å². The van der Waals surface area contributed by atoms with Crippen LogP contribution in [0.3, 0.4) is 0 Å². The van der Waals surface area contributed by atoms with Gasteiger partial charge in [-0.2, -0.15) is 0 Å². The molecule has 15 heavy (non-hydrogen) atoms. The molecule has 0 aromatic heterocycles. The molecule has 0 saturated heterocycles. The Morgan fingerprint density at radius 1 is 1.53 bits per heavy atom. The topological polar surface area (TPSA) is 46.3 Å². The first-order valence-corrected chi connectivity index (χ1v) is 4.73. The van der Waals surface area contributed by atoms with Gasteiger partial charge in [-0.25, -0.2) is 4.39 Å². The third-order valence-corrected chi connectivity index (χ3v) is 2.30. The standard InChI is InChI=1S/C10H12ClFN2O/c1-14(2)10(15)9(13)6-3-4-8(12)7(11)5-6/h3-5,9H,13H2,1-2H3. The van der Waals surface area contributed by atoms with Crippen LogP contribution in [0.15, 0.2) is 18.2 Å². The van der Waals surface area contributed by atoms with Gasteiger partial charge in [-0.3, -0.25) is 4.79 Å². The fourth-order valence-electron chi connectivity index (χ4n) is 1.13. The summed E-state index contributed by atoms with van der Waals surface area (Å²) in [7, 11) is 3.21. The van der Waals surface area contributed by atoms with Crippen molar-refractivity contribution >= 4 is 17.5 Å². The van der Waals surface area contributed by atoms with Crippen molar-refractivity contribution in [3.05, 3.63) is 34.6 Å². The predicted molar refractivity (Wildman–Crippen MR) is 57.0 cm³/mol. The molecule has 0 aliphatic heterocycles. The maximum atomic E-state index is 12.9. The van der Waals surface area contributed by atoms with Crippen molar-refractivity contribution in [2.24, 2.45) is 5.73 Å². The van der Waals surface area contributed by atoms with Crippen molar-refractivity contribution < 1.29 is 9.18 Å². The fourth-order valence-corrected chi connectivity index (χ4v) is 1.32. The van der Waals surface area contributed by atoms with E-state index in [9.17, 15) is 9.18 Å². The first kappa shape index (κ1) is 11.9. The van der Waals surface area contributed by atoms with Gasteiger partial charge in [0.25, 0.3) is 0 Å². The Balaban J connectivity index is 2.97. The number of likely N-dealkylation sites (N-methyl/N-ethyl adjacent to an activating group) is 1. The van der Waals surface area contributed by atoms with E-state index in [0.717, 1.165) is 0 Å². The third kappa shape index (κ3) is 2.67. The monoisotopic (exact) mass is 230 g/mol. The number of halogens is 2. The number of nitrogens with two attached hydrogens (primary N) is 1. The average Bonchev–Trinajstić information content (AvgIpc) is 2.19. The molecule has 1 atom stereocenters. The minimum atomic E-state index is -0.807. The highest BCUT2D eigenvalue weighted by atomic mass is 35.5. The van der Waals surface area contributed by atoms with Crippen molar-refractivity contribution in [1.29, 1.82) is 0 Å². The van der Waals surface area contributed by atoms with E-state index in [1.54, 1.807) is 14.1 Å². The molecule has 1 unspecified atom stereocenters. The SMILES string of the molecule is CN(C)C(=O)C(N)c1ccc(F)c(Cl)c1. The zero-order chi connectivity index (χ0) is 11.6. The van der Waals surface area contributed by atoms with Crippen molar-refractivity contribution in [3.63, 3.8) is 0 Å². The van der Waals surface area contributed by atoms with E-state index in [2.05, 4.69) is 0 Å². The lowest BCUT2D eigenvalue weighted by atomic mass is 10.1. The summed E-state index contributed by atoms with van der Waals surface area (Å²) < 4.78 is 12.9. The summed E-state index contributed by atoms with van der Waals surface area (Å²) in [5.74, 6) is -0.775. The maximum absolute atomic E-state index is 12.9. The molecule has 82 valence electrons. The number of hydrogen-bond acceptors (Lipinski definition) is 2. The van der Waals surface area contributed by atoms with E-state index in [1.807, 2.05) is 0 Å². The van der Waals surface area contributed by atoms with Crippen LogP contribution >= 0.6 is 11.6 Å². The lowest BCUT2D eigenvalue weighted by Crippen LogP contribution is -2.33. The summed E-state index contributed by atoms with van der Waals surface area (Å²) in [6, 6.07) is 3.20. The summed E-state index contributed by atoms with van der Waals surface area (Å²) in [4.78, 5) is 12.9. The smallest absolute Gasteiger partial charge is 0.243 e. The molecule has 0 radical (unpaired) electrons. The van der Waals surface area contributed by atoms with E-state index >= 15 is 0 Å². The number of nitrogens with zero attached hydrogens (tertiary/aromatic N) is 1. The molecule has 1 aromatic rings. The Morgan fingerprint density at radius 2 is 2.13 bits per heavy atom. The number of benzene rings is 1. The number of hydrogen-bond donors (Lipinski definition) is 1. The van der Waals surface area contributed by atoms with E-state index < -0.39 is 11.9 Å². The zero-order valence-electron chi connectivity index (χ0n) is 8.50. The highest BCUT2D eigenvalue weighted by Gasteiger charge is 2.18. The summed E-state index contributed by atoms with van der Waals surface area (Å²) >= 11 is 5.59. The third-order valence-electron chi connectivity index (χ3n) is 2.01. The molecule has 1 aromatic carbocycles. The minimum absolute atomic E-state index is 0.0329. The lowest BCUT2D eigenvalue weighted by Gasteiger charge is -2.17. The van der Waals surface area contributed by atoms with Crippen LogP contribution in [-0.2, 0) is 4.79 Å². The van der Waals surface area contributed by atoms with Gasteiger partial charge in [0.2, 0.25) is 5.91 Å². The Morgan fingerprint density at radius 3 is 2.60 bits per heavy atom. The second kappa shape index (κ2) is 4.59. The van der Waals surface area contributed by atoms with Gasteiger partial charge in [-0.15, -0.1) is 0 Å². The largest absolute Gasteiger partial charge is 0.347 e. The molecule has 1 amide bonds. The predicted octanol–water partition coefficient (Wildman–Crippen LogP) is 1.57. The second-order valence-corrected chi connectivity index (χ2v) is 3.79. The maximum Gasteiger partial charge on any atom is 0.243 e. The van der Waals surface area contributed by atoms with Gasteiger partial charge >= 0.3 is 0 Å². The quantitative estimate of drug-likeness (QED) is 0.838. The number of amides is 1. The van der Waals surface area contributed by atoms with Gasteiger partial charge < -0.3 is 10.6 Å². The first-order chi connectivity index (χ1) is 6.93. The second-order valence-electron chi connectivity index (χ2n) is 3.38. The molecule has 0 spiro atoms. The molecule has 0 fully saturated rings. The van der Waals surface area contributed by atoms with Crippen molar-refractivity contribution in [1.82, 2.24) is 4.90 Å². The summed E-state index contributed by atoms with van der Waals surface area (Å²) in [6.45, 7) is 0. The van der Waals surface area contributed by atoms with E-state index in [4.69, 9.17) is 17.3 Å². The van der Waals surface area contributed by atoms with Gasteiger partial charge in [0.15, 0.2) is 0 Å². The molecule has 3 nitrogen and oxygen atoms in total. The van der Waals surface area contributed by atoms with Crippen molar-refractivity contribution in [2.45, 2.75) is 6.04 Å². The Labute approximate surface area is 92.6 Å². The summed E-state index contributed by atoms with van der Waals surface area (Å²) in [5, 5.41) is -0.0329.